The van der Waals surface area contributed by atoms with Crippen molar-refractivity contribution in [3.63, 3.8) is 0 Å². The zero-order valence-corrected chi connectivity index (χ0v) is 11.9. The molecule has 5 heteroatoms. The van der Waals surface area contributed by atoms with Gasteiger partial charge in [0.1, 0.15) is 18.2 Å². The number of carboxylic acid groups (broad SMARTS) is 1. The maximum Gasteiger partial charge on any atom is 0.326 e. The van der Waals surface area contributed by atoms with E-state index in [1.165, 1.54) is 5.56 Å². The molecule has 3 rings (SSSR count). The monoisotopic (exact) mass is 275 g/mol. The van der Waals surface area contributed by atoms with E-state index in [4.69, 9.17) is 0 Å². The summed E-state index contributed by atoms with van der Waals surface area (Å²) in [6.07, 6.45) is 7.50. The number of aliphatic carboxylic acids is 1. The van der Waals surface area contributed by atoms with E-state index in [0.29, 0.717) is 5.92 Å². The lowest BCUT2D eigenvalue weighted by Gasteiger charge is -2.38. The van der Waals surface area contributed by atoms with Gasteiger partial charge in [-0.2, -0.15) is 0 Å². The lowest BCUT2D eigenvalue weighted by Crippen LogP contribution is -2.48. The minimum absolute atomic E-state index is 0.437. The maximum atomic E-state index is 11.6. The third kappa shape index (κ3) is 2.25. The molecule has 0 aromatic carbocycles. The van der Waals surface area contributed by atoms with Gasteiger partial charge in [0.25, 0.3) is 0 Å². The van der Waals surface area contributed by atoms with E-state index >= 15 is 0 Å². The van der Waals surface area contributed by atoms with Gasteiger partial charge in [0.2, 0.25) is 0 Å². The van der Waals surface area contributed by atoms with Gasteiger partial charge in [-0.3, -0.25) is 0 Å². The van der Waals surface area contributed by atoms with E-state index in [1.807, 2.05) is 4.90 Å². The van der Waals surface area contributed by atoms with Crippen molar-refractivity contribution in [2.45, 2.75) is 51.5 Å². The van der Waals surface area contributed by atoms with E-state index in [2.05, 4.69) is 16.9 Å². The quantitative estimate of drug-likeness (QED) is 0.914. The molecule has 108 valence electrons. The molecule has 0 radical (unpaired) electrons. The minimum atomic E-state index is -0.728. The van der Waals surface area contributed by atoms with Crippen LogP contribution in [-0.4, -0.2) is 33.6 Å². The second-order valence-electron chi connectivity index (χ2n) is 5.82. The standard InChI is InChI=1S/C15H21N3O2/c1-2-10-6-7-18(13(8-10)15(19)20)14-11-4-3-5-12(11)16-9-17-14/h9-10,13H,2-8H2,1H3,(H,19,20). The number of carbonyl (C=O) groups is 1. The van der Waals surface area contributed by atoms with Gasteiger partial charge in [0.15, 0.2) is 0 Å². The highest BCUT2D eigenvalue weighted by Gasteiger charge is 2.35. The molecule has 1 saturated heterocycles. The summed E-state index contributed by atoms with van der Waals surface area (Å²) in [5.74, 6) is 0.658. The first-order chi connectivity index (χ1) is 9.70. The van der Waals surface area contributed by atoms with Crippen molar-refractivity contribution in [2.75, 3.05) is 11.4 Å². The number of hydrogen-bond acceptors (Lipinski definition) is 4. The maximum absolute atomic E-state index is 11.6. The summed E-state index contributed by atoms with van der Waals surface area (Å²) < 4.78 is 0. The number of hydrogen-bond donors (Lipinski definition) is 1. The molecule has 0 spiro atoms. The molecule has 1 aromatic rings. The van der Waals surface area contributed by atoms with Crippen LogP contribution in [0, 0.1) is 5.92 Å². The highest BCUT2D eigenvalue weighted by atomic mass is 16.4. The molecule has 1 aliphatic carbocycles. The van der Waals surface area contributed by atoms with Gasteiger partial charge < -0.3 is 10.0 Å². The molecule has 20 heavy (non-hydrogen) atoms. The van der Waals surface area contributed by atoms with Crippen LogP contribution in [0.25, 0.3) is 0 Å². The van der Waals surface area contributed by atoms with Crippen LogP contribution in [0.2, 0.25) is 0 Å². The molecular weight excluding hydrogens is 254 g/mol. The average molecular weight is 275 g/mol. The van der Waals surface area contributed by atoms with Crippen molar-refractivity contribution in [1.82, 2.24) is 9.97 Å². The van der Waals surface area contributed by atoms with E-state index in [0.717, 1.165) is 56.6 Å². The molecule has 2 heterocycles. The van der Waals surface area contributed by atoms with Crippen LogP contribution < -0.4 is 4.90 Å². The second kappa shape index (κ2) is 5.38. The molecule has 2 aliphatic rings. The Kier molecular flexibility index (Phi) is 3.59. The predicted molar refractivity (Wildman–Crippen MR) is 75.8 cm³/mol. The van der Waals surface area contributed by atoms with Crippen LogP contribution >= 0.6 is 0 Å². The molecule has 1 fully saturated rings. The number of nitrogens with zero attached hydrogens (tertiary/aromatic N) is 3. The summed E-state index contributed by atoms with van der Waals surface area (Å²) in [5.41, 5.74) is 2.28. The summed E-state index contributed by atoms with van der Waals surface area (Å²) in [6, 6.07) is -0.437. The number of rotatable bonds is 3. The fourth-order valence-electron chi connectivity index (χ4n) is 3.49. The first-order valence-electron chi connectivity index (χ1n) is 7.53. The van der Waals surface area contributed by atoms with Crippen LogP contribution in [-0.2, 0) is 17.6 Å². The van der Waals surface area contributed by atoms with Crippen molar-refractivity contribution >= 4 is 11.8 Å². The highest BCUT2D eigenvalue weighted by molar-refractivity contribution is 5.78. The van der Waals surface area contributed by atoms with Crippen LogP contribution in [0.1, 0.15) is 43.9 Å². The normalized spacial score (nSPS) is 25.6. The molecule has 1 N–H and O–H groups in total. The zero-order valence-electron chi connectivity index (χ0n) is 11.9. The molecule has 1 aromatic heterocycles. The van der Waals surface area contributed by atoms with E-state index in [-0.39, 0.29) is 0 Å². The fraction of sp³-hybridized carbons (Fsp3) is 0.667. The van der Waals surface area contributed by atoms with Gasteiger partial charge >= 0.3 is 5.97 Å². The molecule has 5 nitrogen and oxygen atoms in total. The van der Waals surface area contributed by atoms with Crippen LogP contribution in [0.4, 0.5) is 5.82 Å². The zero-order chi connectivity index (χ0) is 14.1. The number of aromatic nitrogens is 2. The third-order valence-corrected chi connectivity index (χ3v) is 4.70. The Morgan fingerprint density at radius 3 is 3.05 bits per heavy atom. The molecular formula is C15H21N3O2. The predicted octanol–water partition coefficient (Wildman–Crippen LogP) is 2.04. The van der Waals surface area contributed by atoms with Crippen LogP contribution in [0.15, 0.2) is 6.33 Å². The Labute approximate surface area is 119 Å². The number of anilines is 1. The summed E-state index contributed by atoms with van der Waals surface area (Å²) in [5, 5.41) is 9.55. The first-order valence-corrected chi connectivity index (χ1v) is 7.53. The van der Waals surface area contributed by atoms with Crippen molar-refractivity contribution in [3.8, 4) is 0 Å². The summed E-state index contributed by atoms with van der Waals surface area (Å²) in [6.45, 7) is 2.93. The lowest BCUT2D eigenvalue weighted by molar-refractivity contribution is -0.139. The molecule has 0 bridgehead atoms. The van der Waals surface area contributed by atoms with Gasteiger partial charge in [-0.05, 0) is 38.0 Å². The van der Waals surface area contributed by atoms with Crippen molar-refractivity contribution in [3.05, 3.63) is 17.6 Å². The minimum Gasteiger partial charge on any atom is -0.480 e. The van der Waals surface area contributed by atoms with Crippen molar-refractivity contribution in [2.24, 2.45) is 5.92 Å². The van der Waals surface area contributed by atoms with Crippen LogP contribution in [0.5, 0.6) is 0 Å². The van der Waals surface area contributed by atoms with E-state index in [9.17, 15) is 9.90 Å². The highest BCUT2D eigenvalue weighted by Crippen LogP contribution is 2.34. The Balaban J connectivity index is 1.92. The summed E-state index contributed by atoms with van der Waals surface area (Å²) in [7, 11) is 0. The van der Waals surface area contributed by atoms with E-state index in [1.54, 1.807) is 6.33 Å². The largest absolute Gasteiger partial charge is 0.480 e. The molecule has 2 atom stereocenters. The Bertz CT molecular complexity index is 518. The third-order valence-electron chi connectivity index (χ3n) is 4.70. The Morgan fingerprint density at radius 2 is 2.30 bits per heavy atom. The van der Waals surface area contributed by atoms with Crippen molar-refractivity contribution in [1.29, 1.82) is 0 Å². The SMILES string of the molecule is CCC1CCN(c2ncnc3c2CCC3)C(C(=O)O)C1. The topological polar surface area (TPSA) is 66.3 Å². The summed E-state index contributed by atoms with van der Waals surface area (Å²) in [4.78, 5) is 22.4. The lowest BCUT2D eigenvalue weighted by atomic mass is 9.88. The second-order valence-corrected chi connectivity index (χ2v) is 5.82. The Hall–Kier alpha value is -1.65. The number of fused-ring (bicyclic) bond motifs is 1. The Morgan fingerprint density at radius 1 is 1.45 bits per heavy atom. The van der Waals surface area contributed by atoms with Gasteiger partial charge in [-0.25, -0.2) is 14.8 Å². The van der Waals surface area contributed by atoms with Crippen molar-refractivity contribution < 1.29 is 9.90 Å². The fourth-order valence-corrected chi connectivity index (χ4v) is 3.49. The average Bonchev–Trinajstić information content (AvgIpc) is 2.95. The van der Waals surface area contributed by atoms with Gasteiger partial charge in [-0.1, -0.05) is 13.3 Å². The van der Waals surface area contributed by atoms with E-state index < -0.39 is 12.0 Å². The first kappa shape index (κ1) is 13.3. The molecule has 0 saturated carbocycles. The summed E-state index contributed by atoms with van der Waals surface area (Å²) >= 11 is 0. The smallest absolute Gasteiger partial charge is 0.326 e. The van der Waals surface area contributed by atoms with Gasteiger partial charge in [0.05, 0.1) is 0 Å². The van der Waals surface area contributed by atoms with Crippen LogP contribution in [0.3, 0.4) is 0 Å². The number of piperidine rings is 1. The number of aryl methyl sites for hydroxylation is 1. The van der Waals surface area contributed by atoms with Gasteiger partial charge in [-0.15, -0.1) is 0 Å². The molecule has 2 unspecified atom stereocenters. The molecule has 1 aliphatic heterocycles. The molecule has 0 amide bonds. The number of carboxylic acids is 1. The van der Waals surface area contributed by atoms with Gasteiger partial charge in [0, 0.05) is 17.8 Å².